The Morgan fingerprint density at radius 2 is 1.82 bits per heavy atom. The van der Waals surface area contributed by atoms with E-state index < -0.39 is 17.2 Å². The largest absolute Gasteiger partial charge is 0.465 e. The van der Waals surface area contributed by atoms with Gasteiger partial charge < -0.3 is 19.0 Å². The van der Waals surface area contributed by atoms with Crippen LogP contribution < -0.4 is 0 Å². The summed E-state index contributed by atoms with van der Waals surface area (Å²) in [6, 6.07) is 0. The molecule has 0 aromatic heterocycles. The van der Waals surface area contributed by atoms with Crippen LogP contribution >= 0.6 is 0 Å². The van der Waals surface area contributed by atoms with E-state index in [0.29, 0.717) is 45.5 Å². The SMILES string of the molecule is CCOC(=O)C1(C=O)CCC2(CC1)OCCO2. The Morgan fingerprint density at radius 3 is 2.29 bits per heavy atom. The number of carbonyl (C=O) groups is 2. The molecule has 1 aliphatic carbocycles. The van der Waals surface area contributed by atoms with Crippen molar-refractivity contribution in [3.63, 3.8) is 0 Å². The van der Waals surface area contributed by atoms with Gasteiger partial charge in [0.25, 0.3) is 0 Å². The molecule has 5 nitrogen and oxygen atoms in total. The molecular weight excluding hydrogens is 224 g/mol. The zero-order valence-electron chi connectivity index (χ0n) is 10.1. The minimum Gasteiger partial charge on any atom is -0.465 e. The summed E-state index contributed by atoms with van der Waals surface area (Å²) in [5.41, 5.74) is -0.990. The average Bonchev–Trinajstić information content (AvgIpc) is 2.80. The third kappa shape index (κ3) is 2.21. The van der Waals surface area contributed by atoms with E-state index in [-0.39, 0.29) is 0 Å². The Kier molecular flexibility index (Phi) is 3.49. The van der Waals surface area contributed by atoms with Gasteiger partial charge in [-0.05, 0) is 19.8 Å². The van der Waals surface area contributed by atoms with Gasteiger partial charge >= 0.3 is 5.97 Å². The fourth-order valence-electron chi connectivity index (χ4n) is 2.51. The molecule has 2 fully saturated rings. The normalized spacial score (nSPS) is 25.7. The van der Waals surface area contributed by atoms with Crippen molar-refractivity contribution in [3.8, 4) is 0 Å². The lowest BCUT2D eigenvalue weighted by Gasteiger charge is -2.38. The van der Waals surface area contributed by atoms with Crippen molar-refractivity contribution < 1.29 is 23.8 Å². The monoisotopic (exact) mass is 242 g/mol. The van der Waals surface area contributed by atoms with Crippen molar-refractivity contribution in [1.82, 2.24) is 0 Å². The second kappa shape index (κ2) is 4.74. The van der Waals surface area contributed by atoms with Gasteiger partial charge in [-0.1, -0.05) is 0 Å². The van der Waals surface area contributed by atoms with E-state index in [1.807, 2.05) is 0 Å². The maximum atomic E-state index is 11.8. The van der Waals surface area contributed by atoms with E-state index in [1.165, 1.54) is 0 Å². The summed E-state index contributed by atoms with van der Waals surface area (Å²) < 4.78 is 16.1. The van der Waals surface area contributed by atoms with Gasteiger partial charge in [0.2, 0.25) is 0 Å². The average molecular weight is 242 g/mol. The third-order valence-corrected chi connectivity index (χ3v) is 3.63. The van der Waals surface area contributed by atoms with Crippen molar-refractivity contribution in [3.05, 3.63) is 0 Å². The molecular formula is C12H18O5. The molecule has 1 heterocycles. The van der Waals surface area contributed by atoms with E-state index in [2.05, 4.69) is 0 Å². The standard InChI is InChI=1S/C12H18O5/c1-2-15-10(14)11(9-13)3-5-12(6-4-11)16-7-8-17-12/h9H,2-8H2,1H3. The summed E-state index contributed by atoms with van der Waals surface area (Å²) in [6.45, 7) is 3.22. The summed E-state index contributed by atoms with van der Waals surface area (Å²) in [5.74, 6) is -0.971. The van der Waals surface area contributed by atoms with Gasteiger partial charge in [0.1, 0.15) is 11.7 Å². The van der Waals surface area contributed by atoms with E-state index in [9.17, 15) is 9.59 Å². The van der Waals surface area contributed by atoms with Crippen molar-refractivity contribution in [1.29, 1.82) is 0 Å². The third-order valence-electron chi connectivity index (χ3n) is 3.63. The van der Waals surface area contributed by atoms with Gasteiger partial charge in [0.15, 0.2) is 5.79 Å². The van der Waals surface area contributed by atoms with E-state index in [0.717, 1.165) is 6.29 Å². The number of hydrogen-bond acceptors (Lipinski definition) is 5. The first-order valence-electron chi connectivity index (χ1n) is 6.08. The summed E-state index contributed by atoms with van der Waals surface area (Å²) >= 11 is 0. The summed E-state index contributed by atoms with van der Waals surface area (Å²) in [4.78, 5) is 23.0. The topological polar surface area (TPSA) is 61.8 Å². The van der Waals surface area contributed by atoms with Crippen molar-refractivity contribution in [2.24, 2.45) is 5.41 Å². The van der Waals surface area contributed by atoms with Gasteiger partial charge in [-0.2, -0.15) is 0 Å². The highest BCUT2D eigenvalue weighted by molar-refractivity contribution is 5.93. The maximum Gasteiger partial charge on any atom is 0.319 e. The van der Waals surface area contributed by atoms with Crippen LogP contribution in [0.2, 0.25) is 0 Å². The molecule has 1 aliphatic heterocycles. The van der Waals surface area contributed by atoms with Crippen LogP contribution in [-0.4, -0.2) is 37.9 Å². The fourth-order valence-corrected chi connectivity index (χ4v) is 2.51. The molecule has 1 spiro atoms. The van der Waals surface area contributed by atoms with Crippen LogP contribution in [0.5, 0.6) is 0 Å². The molecule has 5 heteroatoms. The van der Waals surface area contributed by atoms with E-state index >= 15 is 0 Å². The van der Waals surface area contributed by atoms with Gasteiger partial charge in [-0.3, -0.25) is 4.79 Å². The second-order valence-electron chi connectivity index (χ2n) is 4.60. The molecule has 0 unspecified atom stereocenters. The van der Waals surface area contributed by atoms with E-state index in [1.54, 1.807) is 6.92 Å². The Labute approximate surface area is 100 Å². The first kappa shape index (κ1) is 12.5. The first-order valence-corrected chi connectivity index (χ1v) is 6.08. The second-order valence-corrected chi connectivity index (χ2v) is 4.60. The quantitative estimate of drug-likeness (QED) is 0.420. The predicted octanol–water partition coefficient (Wildman–Crippen LogP) is 1.05. The molecule has 2 rings (SSSR count). The highest BCUT2D eigenvalue weighted by Gasteiger charge is 2.50. The molecule has 2 aliphatic rings. The molecule has 0 atom stereocenters. The molecule has 1 saturated heterocycles. The van der Waals surface area contributed by atoms with Gasteiger partial charge in [-0.15, -0.1) is 0 Å². The molecule has 0 aromatic rings. The Morgan fingerprint density at radius 1 is 1.24 bits per heavy atom. The number of carbonyl (C=O) groups excluding carboxylic acids is 2. The molecule has 17 heavy (non-hydrogen) atoms. The van der Waals surface area contributed by atoms with Crippen molar-refractivity contribution >= 4 is 12.3 Å². The van der Waals surface area contributed by atoms with Gasteiger partial charge in [-0.25, -0.2) is 0 Å². The Balaban J connectivity index is 2.03. The highest BCUT2D eigenvalue weighted by Crippen LogP contribution is 2.44. The lowest BCUT2D eigenvalue weighted by atomic mass is 9.73. The Hall–Kier alpha value is -0.940. The summed E-state index contributed by atoms with van der Waals surface area (Å²) in [5, 5.41) is 0. The van der Waals surface area contributed by atoms with Crippen molar-refractivity contribution in [2.45, 2.75) is 38.4 Å². The minimum atomic E-state index is -0.990. The molecule has 1 saturated carbocycles. The maximum absolute atomic E-state index is 11.8. The minimum absolute atomic E-state index is 0.298. The molecule has 0 N–H and O–H groups in total. The zero-order chi connectivity index (χ0) is 12.4. The van der Waals surface area contributed by atoms with Gasteiger partial charge in [0, 0.05) is 12.8 Å². The lowest BCUT2D eigenvalue weighted by molar-refractivity contribution is -0.197. The fraction of sp³-hybridized carbons (Fsp3) is 0.833. The number of hydrogen-bond donors (Lipinski definition) is 0. The highest BCUT2D eigenvalue weighted by atomic mass is 16.7. The Bertz CT molecular complexity index is 296. The van der Waals surface area contributed by atoms with Crippen LogP contribution in [0, 0.1) is 5.41 Å². The molecule has 0 bridgehead atoms. The molecule has 0 radical (unpaired) electrons. The van der Waals surface area contributed by atoms with Crippen LogP contribution in [0.3, 0.4) is 0 Å². The number of aldehydes is 1. The van der Waals surface area contributed by atoms with Crippen LogP contribution in [0.1, 0.15) is 32.6 Å². The number of ether oxygens (including phenoxy) is 3. The van der Waals surface area contributed by atoms with Crippen LogP contribution in [0.15, 0.2) is 0 Å². The molecule has 0 aromatic carbocycles. The summed E-state index contributed by atoms with van der Waals surface area (Å²) in [6.07, 6.45) is 2.76. The zero-order valence-corrected chi connectivity index (χ0v) is 10.1. The van der Waals surface area contributed by atoms with E-state index in [4.69, 9.17) is 14.2 Å². The predicted molar refractivity (Wildman–Crippen MR) is 58.2 cm³/mol. The van der Waals surface area contributed by atoms with Crippen LogP contribution in [0.4, 0.5) is 0 Å². The lowest BCUT2D eigenvalue weighted by Crippen LogP contribution is -2.45. The molecule has 96 valence electrons. The molecule has 0 amide bonds. The summed E-state index contributed by atoms with van der Waals surface area (Å²) in [7, 11) is 0. The van der Waals surface area contributed by atoms with Crippen molar-refractivity contribution in [2.75, 3.05) is 19.8 Å². The smallest absolute Gasteiger partial charge is 0.319 e. The first-order chi connectivity index (χ1) is 8.16. The van der Waals surface area contributed by atoms with Gasteiger partial charge in [0.05, 0.1) is 19.8 Å². The number of esters is 1. The number of rotatable bonds is 3. The van der Waals surface area contributed by atoms with Crippen LogP contribution in [-0.2, 0) is 23.8 Å². The van der Waals surface area contributed by atoms with Crippen LogP contribution in [0.25, 0.3) is 0 Å².